The molecule has 92 valence electrons. The third-order valence-electron chi connectivity index (χ3n) is 2.78. The predicted molar refractivity (Wildman–Crippen MR) is 72.3 cm³/mol. The molecule has 2 aromatic heterocycles. The van der Waals surface area contributed by atoms with Crippen LogP contribution in [-0.2, 0) is 13.1 Å². The molecule has 0 saturated carbocycles. The standard InChI is InChI=1S/C13H19N3S/c1-10-6-12(3)16(15-10)8-11(2)14-7-13-4-5-17-9-13/h4-6,9,11,14H,7-8H2,1-3H3. The fourth-order valence-electron chi connectivity index (χ4n) is 1.87. The molecule has 0 aliphatic rings. The molecule has 2 rings (SSSR count). The van der Waals surface area contributed by atoms with Crippen LogP contribution in [0.5, 0.6) is 0 Å². The second-order valence-electron chi connectivity index (χ2n) is 4.52. The fraction of sp³-hybridized carbons (Fsp3) is 0.462. The zero-order chi connectivity index (χ0) is 12.3. The average Bonchev–Trinajstić information content (AvgIpc) is 2.87. The van der Waals surface area contributed by atoms with Crippen molar-refractivity contribution in [3.63, 3.8) is 0 Å². The van der Waals surface area contributed by atoms with E-state index in [1.165, 1.54) is 11.3 Å². The molecule has 0 spiro atoms. The van der Waals surface area contributed by atoms with E-state index in [0.717, 1.165) is 18.8 Å². The Morgan fingerprint density at radius 1 is 1.47 bits per heavy atom. The van der Waals surface area contributed by atoms with Gasteiger partial charge in [-0.05, 0) is 49.2 Å². The summed E-state index contributed by atoms with van der Waals surface area (Å²) in [6.07, 6.45) is 0. The third-order valence-corrected chi connectivity index (χ3v) is 3.52. The summed E-state index contributed by atoms with van der Waals surface area (Å²) in [6.45, 7) is 8.19. The second-order valence-corrected chi connectivity index (χ2v) is 5.30. The van der Waals surface area contributed by atoms with Crippen LogP contribution in [-0.4, -0.2) is 15.8 Å². The van der Waals surface area contributed by atoms with Crippen LogP contribution in [0.15, 0.2) is 22.9 Å². The Hall–Kier alpha value is -1.13. The Labute approximate surface area is 106 Å². The number of nitrogens with zero attached hydrogens (tertiary/aromatic N) is 2. The normalized spacial score (nSPS) is 12.9. The smallest absolute Gasteiger partial charge is 0.0596 e. The first-order valence-corrected chi connectivity index (χ1v) is 6.85. The zero-order valence-electron chi connectivity index (χ0n) is 10.6. The maximum absolute atomic E-state index is 4.47. The van der Waals surface area contributed by atoms with Crippen LogP contribution >= 0.6 is 11.3 Å². The molecule has 3 nitrogen and oxygen atoms in total. The lowest BCUT2D eigenvalue weighted by atomic mass is 10.3. The molecule has 0 aromatic carbocycles. The molecule has 0 fully saturated rings. The van der Waals surface area contributed by atoms with E-state index in [4.69, 9.17) is 0 Å². The molecule has 1 N–H and O–H groups in total. The van der Waals surface area contributed by atoms with Gasteiger partial charge in [-0.1, -0.05) is 0 Å². The number of hydrogen-bond acceptors (Lipinski definition) is 3. The van der Waals surface area contributed by atoms with Gasteiger partial charge in [-0.25, -0.2) is 0 Å². The lowest BCUT2D eigenvalue weighted by Crippen LogP contribution is -2.30. The van der Waals surface area contributed by atoms with Gasteiger partial charge in [0.2, 0.25) is 0 Å². The van der Waals surface area contributed by atoms with Gasteiger partial charge in [-0.15, -0.1) is 0 Å². The molecule has 0 aliphatic carbocycles. The maximum atomic E-state index is 4.47. The van der Waals surface area contributed by atoms with Crippen molar-refractivity contribution >= 4 is 11.3 Å². The summed E-state index contributed by atoms with van der Waals surface area (Å²) in [5, 5.41) is 12.3. The summed E-state index contributed by atoms with van der Waals surface area (Å²) >= 11 is 1.74. The predicted octanol–water partition coefficient (Wildman–Crippen LogP) is 2.74. The highest BCUT2D eigenvalue weighted by Gasteiger charge is 2.06. The van der Waals surface area contributed by atoms with E-state index >= 15 is 0 Å². The molecule has 2 heterocycles. The largest absolute Gasteiger partial charge is 0.308 e. The van der Waals surface area contributed by atoms with Gasteiger partial charge in [-0.3, -0.25) is 4.68 Å². The van der Waals surface area contributed by atoms with E-state index in [0.29, 0.717) is 6.04 Å². The Bertz CT molecular complexity index is 459. The van der Waals surface area contributed by atoms with Crippen LogP contribution in [0.4, 0.5) is 0 Å². The SMILES string of the molecule is Cc1cc(C)n(CC(C)NCc2ccsc2)n1. The van der Waals surface area contributed by atoms with E-state index in [-0.39, 0.29) is 0 Å². The molecular formula is C13H19N3S. The van der Waals surface area contributed by atoms with E-state index in [2.05, 4.69) is 51.8 Å². The first kappa shape index (κ1) is 12.3. The van der Waals surface area contributed by atoms with Crippen LogP contribution < -0.4 is 5.32 Å². The van der Waals surface area contributed by atoms with Crippen molar-refractivity contribution in [2.24, 2.45) is 0 Å². The molecule has 2 aromatic rings. The van der Waals surface area contributed by atoms with Gasteiger partial charge in [0.25, 0.3) is 0 Å². The lowest BCUT2D eigenvalue weighted by molar-refractivity contribution is 0.444. The highest BCUT2D eigenvalue weighted by atomic mass is 32.1. The monoisotopic (exact) mass is 249 g/mol. The Kier molecular flexibility index (Phi) is 3.97. The van der Waals surface area contributed by atoms with Gasteiger partial charge < -0.3 is 5.32 Å². The summed E-state index contributed by atoms with van der Waals surface area (Å²) in [5.74, 6) is 0. The summed E-state index contributed by atoms with van der Waals surface area (Å²) < 4.78 is 2.07. The number of thiophene rings is 1. The highest BCUT2D eigenvalue weighted by Crippen LogP contribution is 2.06. The van der Waals surface area contributed by atoms with Crippen LogP contribution in [0.25, 0.3) is 0 Å². The van der Waals surface area contributed by atoms with E-state index in [1.807, 2.05) is 6.92 Å². The minimum absolute atomic E-state index is 0.424. The molecule has 0 radical (unpaired) electrons. The highest BCUT2D eigenvalue weighted by molar-refractivity contribution is 7.07. The van der Waals surface area contributed by atoms with Crippen molar-refractivity contribution in [2.45, 2.75) is 39.9 Å². The van der Waals surface area contributed by atoms with Crippen molar-refractivity contribution in [3.05, 3.63) is 39.8 Å². The summed E-state index contributed by atoms with van der Waals surface area (Å²) in [7, 11) is 0. The minimum Gasteiger partial charge on any atom is -0.308 e. The van der Waals surface area contributed by atoms with Crippen LogP contribution in [0.3, 0.4) is 0 Å². The summed E-state index contributed by atoms with van der Waals surface area (Å²) in [5.41, 5.74) is 3.68. The molecule has 4 heteroatoms. The van der Waals surface area contributed by atoms with Crippen LogP contribution in [0.2, 0.25) is 0 Å². The van der Waals surface area contributed by atoms with Crippen molar-refractivity contribution in [1.29, 1.82) is 0 Å². The van der Waals surface area contributed by atoms with Crippen molar-refractivity contribution in [2.75, 3.05) is 0 Å². The molecule has 0 saturated heterocycles. The van der Waals surface area contributed by atoms with Gasteiger partial charge in [0, 0.05) is 18.3 Å². The quantitative estimate of drug-likeness (QED) is 0.883. The average molecular weight is 249 g/mol. The fourth-order valence-corrected chi connectivity index (χ4v) is 2.54. The van der Waals surface area contributed by atoms with Gasteiger partial charge in [0.1, 0.15) is 0 Å². The zero-order valence-corrected chi connectivity index (χ0v) is 11.4. The van der Waals surface area contributed by atoms with Crippen molar-refractivity contribution in [3.8, 4) is 0 Å². The van der Waals surface area contributed by atoms with Gasteiger partial charge in [-0.2, -0.15) is 16.4 Å². The second kappa shape index (κ2) is 5.47. The molecule has 17 heavy (non-hydrogen) atoms. The molecule has 0 aliphatic heterocycles. The van der Waals surface area contributed by atoms with Crippen molar-refractivity contribution in [1.82, 2.24) is 15.1 Å². The van der Waals surface area contributed by atoms with E-state index in [1.54, 1.807) is 11.3 Å². The molecule has 0 bridgehead atoms. The lowest BCUT2D eigenvalue weighted by Gasteiger charge is -2.14. The first-order chi connectivity index (χ1) is 8.15. The van der Waals surface area contributed by atoms with Crippen molar-refractivity contribution < 1.29 is 0 Å². The molecular weight excluding hydrogens is 230 g/mol. The number of aryl methyl sites for hydroxylation is 2. The van der Waals surface area contributed by atoms with E-state index in [9.17, 15) is 0 Å². The molecule has 0 amide bonds. The molecule has 1 atom stereocenters. The van der Waals surface area contributed by atoms with Gasteiger partial charge in [0.05, 0.1) is 12.2 Å². The van der Waals surface area contributed by atoms with Crippen LogP contribution in [0, 0.1) is 13.8 Å². The Morgan fingerprint density at radius 3 is 2.88 bits per heavy atom. The summed E-state index contributed by atoms with van der Waals surface area (Å²) in [4.78, 5) is 0. The first-order valence-electron chi connectivity index (χ1n) is 5.90. The van der Waals surface area contributed by atoms with Gasteiger partial charge >= 0.3 is 0 Å². The van der Waals surface area contributed by atoms with Crippen LogP contribution in [0.1, 0.15) is 23.9 Å². The molecule has 1 unspecified atom stereocenters. The summed E-state index contributed by atoms with van der Waals surface area (Å²) in [6, 6.07) is 4.70. The van der Waals surface area contributed by atoms with Gasteiger partial charge in [0.15, 0.2) is 0 Å². The Balaban J connectivity index is 1.85. The number of rotatable bonds is 5. The van der Waals surface area contributed by atoms with E-state index < -0.39 is 0 Å². The topological polar surface area (TPSA) is 29.9 Å². The maximum Gasteiger partial charge on any atom is 0.0596 e. The minimum atomic E-state index is 0.424. The number of aromatic nitrogens is 2. The number of hydrogen-bond donors (Lipinski definition) is 1. The third kappa shape index (κ3) is 3.41. The Morgan fingerprint density at radius 2 is 2.29 bits per heavy atom. The number of nitrogens with one attached hydrogen (secondary N) is 1.